The number of primary amides is 1. The minimum absolute atomic E-state index is 0.0278. The van der Waals surface area contributed by atoms with E-state index in [0.29, 0.717) is 18.8 Å². The second-order valence-corrected chi connectivity index (χ2v) is 5.10. The van der Waals surface area contributed by atoms with E-state index in [4.69, 9.17) is 5.73 Å². The molecule has 1 aromatic heterocycles. The maximum atomic E-state index is 12.1. The van der Waals surface area contributed by atoms with E-state index in [9.17, 15) is 9.59 Å². The summed E-state index contributed by atoms with van der Waals surface area (Å²) >= 11 is 1.41. The summed E-state index contributed by atoms with van der Waals surface area (Å²) in [6.07, 6.45) is 1.95. The van der Waals surface area contributed by atoms with Crippen LogP contribution >= 0.6 is 11.3 Å². The second kappa shape index (κ2) is 5.81. The van der Waals surface area contributed by atoms with Crippen LogP contribution in [-0.4, -0.2) is 41.5 Å². The molecule has 2 rings (SSSR count). The molecule has 1 unspecified atom stereocenters. The van der Waals surface area contributed by atoms with Crippen molar-refractivity contribution in [2.75, 3.05) is 19.6 Å². The number of nitrogens with zero attached hydrogens (tertiary/aromatic N) is 2. The Morgan fingerprint density at radius 2 is 2.44 bits per heavy atom. The van der Waals surface area contributed by atoms with Crippen LogP contribution in [0, 0.1) is 5.92 Å². The van der Waals surface area contributed by atoms with Gasteiger partial charge < -0.3 is 16.0 Å². The summed E-state index contributed by atoms with van der Waals surface area (Å²) in [5.41, 5.74) is 7.20. The first kappa shape index (κ1) is 12.8. The summed E-state index contributed by atoms with van der Waals surface area (Å²) in [6.45, 7) is 1.93. The fourth-order valence-electron chi connectivity index (χ4n) is 2.14. The number of urea groups is 1. The van der Waals surface area contributed by atoms with E-state index in [-0.39, 0.29) is 11.8 Å². The Balaban J connectivity index is 1.90. The molecule has 0 bridgehead atoms. The number of rotatable bonds is 3. The van der Waals surface area contributed by atoms with Gasteiger partial charge >= 0.3 is 6.03 Å². The standard InChI is InChI=1S/C11H16N4O2S/c12-11(17)13-4-8-2-1-3-15(5-8)10(16)9-6-18-7-14-9/h6-8H,1-5H2,(H3,12,13,17). The van der Waals surface area contributed by atoms with Crippen molar-refractivity contribution in [2.45, 2.75) is 12.8 Å². The quantitative estimate of drug-likeness (QED) is 0.844. The third-order valence-corrected chi connectivity index (χ3v) is 3.61. The SMILES string of the molecule is NC(=O)NCC1CCCN(C(=O)c2cscn2)C1. The van der Waals surface area contributed by atoms with Gasteiger partial charge in [0.25, 0.3) is 5.91 Å². The van der Waals surface area contributed by atoms with Crippen molar-refractivity contribution in [1.29, 1.82) is 0 Å². The van der Waals surface area contributed by atoms with Crippen LogP contribution in [0.4, 0.5) is 4.79 Å². The molecule has 0 aliphatic carbocycles. The molecule has 0 aromatic carbocycles. The molecule has 18 heavy (non-hydrogen) atoms. The minimum Gasteiger partial charge on any atom is -0.352 e. The van der Waals surface area contributed by atoms with E-state index in [0.717, 1.165) is 19.4 Å². The molecule has 1 aliphatic rings. The summed E-state index contributed by atoms with van der Waals surface area (Å²) in [4.78, 5) is 28.6. The number of nitrogens with two attached hydrogens (primary N) is 1. The lowest BCUT2D eigenvalue weighted by Gasteiger charge is -2.32. The topological polar surface area (TPSA) is 88.3 Å². The van der Waals surface area contributed by atoms with E-state index in [1.54, 1.807) is 15.8 Å². The molecule has 1 fully saturated rings. The van der Waals surface area contributed by atoms with Crippen LogP contribution in [0.15, 0.2) is 10.9 Å². The first-order valence-corrected chi connectivity index (χ1v) is 6.82. The molecule has 1 aromatic rings. The van der Waals surface area contributed by atoms with Gasteiger partial charge in [-0.25, -0.2) is 9.78 Å². The van der Waals surface area contributed by atoms with E-state index >= 15 is 0 Å². The first-order valence-electron chi connectivity index (χ1n) is 5.87. The average molecular weight is 268 g/mol. The summed E-state index contributed by atoms with van der Waals surface area (Å²) in [5.74, 6) is 0.244. The van der Waals surface area contributed by atoms with Crippen molar-refractivity contribution in [3.8, 4) is 0 Å². The summed E-state index contributed by atoms with van der Waals surface area (Å²) in [5, 5.41) is 4.35. The molecule has 98 valence electrons. The van der Waals surface area contributed by atoms with E-state index in [1.807, 2.05) is 0 Å². The van der Waals surface area contributed by atoms with Gasteiger partial charge in [0.05, 0.1) is 5.51 Å². The van der Waals surface area contributed by atoms with Gasteiger partial charge in [0.15, 0.2) is 0 Å². The second-order valence-electron chi connectivity index (χ2n) is 4.38. The zero-order chi connectivity index (χ0) is 13.0. The van der Waals surface area contributed by atoms with Crippen molar-refractivity contribution in [3.05, 3.63) is 16.6 Å². The zero-order valence-corrected chi connectivity index (χ0v) is 10.8. The highest BCUT2D eigenvalue weighted by Crippen LogP contribution is 2.18. The third-order valence-electron chi connectivity index (χ3n) is 3.02. The van der Waals surface area contributed by atoms with Gasteiger partial charge in [-0.15, -0.1) is 11.3 Å². The molecule has 0 spiro atoms. The van der Waals surface area contributed by atoms with Crippen LogP contribution in [0.5, 0.6) is 0 Å². The van der Waals surface area contributed by atoms with E-state index < -0.39 is 6.03 Å². The molecule has 1 saturated heterocycles. The van der Waals surface area contributed by atoms with Gasteiger partial charge in [-0.2, -0.15) is 0 Å². The van der Waals surface area contributed by atoms with Crippen LogP contribution in [0.25, 0.3) is 0 Å². The van der Waals surface area contributed by atoms with Crippen molar-refractivity contribution in [3.63, 3.8) is 0 Å². The Morgan fingerprint density at radius 3 is 3.11 bits per heavy atom. The maximum absolute atomic E-state index is 12.1. The molecule has 3 N–H and O–H groups in total. The van der Waals surface area contributed by atoms with Crippen LogP contribution in [-0.2, 0) is 0 Å². The zero-order valence-electron chi connectivity index (χ0n) is 9.96. The van der Waals surface area contributed by atoms with Crippen molar-refractivity contribution in [1.82, 2.24) is 15.2 Å². The Kier molecular flexibility index (Phi) is 4.14. The van der Waals surface area contributed by atoms with E-state index in [2.05, 4.69) is 10.3 Å². The highest BCUT2D eigenvalue weighted by Gasteiger charge is 2.25. The average Bonchev–Trinajstić information content (AvgIpc) is 2.89. The smallest absolute Gasteiger partial charge is 0.312 e. The number of likely N-dealkylation sites (tertiary alicyclic amines) is 1. The monoisotopic (exact) mass is 268 g/mol. The lowest BCUT2D eigenvalue weighted by atomic mass is 9.98. The van der Waals surface area contributed by atoms with Gasteiger partial charge in [-0.05, 0) is 18.8 Å². The Hall–Kier alpha value is -1.63. The number of piperidine rings is 1. The van der Waals surface area contributed by atoms with Gasteiger partial charge in [0.2, 0.25) is 0 Å². The predicted octanol–water partition coefficient (Wildman–Crippen LogP) is 0.664. The van der Waals surface area contributed by atoms with Crippen molar-refractivity contribution in [2.24, 2.45) is 11.7 Å². The largest absolute Gasteiger partial charge is 0.352 e. The van der Waals surface area contributed by atoms with Crippen LogP contribution < -0.4 is 11.1 Å². The number of hydrogen-bond donors (Lipinski definition) is 2. The minimum atomic E-state index is -0.516. The Morgan fingerprint density at radius 1 is 1.61 bits per heavy atom. The lowest BCUT2D eigenvalue weighted by molar-refractivity contribution is 0.0670. The molecule has 3 amide bonds. The predicted molar refractivity (Wildman–Crippen MR) is 68.3 cm³/mol. The number of hydrogen-bond acceptors (Lipinski definition) is 4. The normalized spacial score (nSPS) is 19.6. The van der Waals surface area contributed by atoms with Crippen molar-refractivity contribution < 1.29 is 9.59 Å². The molecular formula is C11H16N4O2S. The maximum Gasteiger partial charge on any atom is 0.312 e. The summed E-state index contributed by atoms with van der Waals surface area (Å²) < 4.78 is 0. The van der Waals surface area contributed by atoms with E-state index in [1.165, 1.54) is 11.3 Å². The number of carbonyl (C=O) groups is 2. The lowest BCUT2D eigenvalue weighted by Crippen LogP contribution is -2.44. The molecule has 1 aliphatic heterocycles. The molecule has 6 nitrogen and oxygen atoms in total. The summed E-state index contributed by atoms with van der Waals surface area (Å²) in [7, 11) is 0. The molecule has 0 radical (unpaired) electrons. The molecule has 7 heteroatoms. The van der Waals surface area contributed by atoms with Gasteiger partial charge in [0.1, 0.15) is 5.69 Å². The molecular weight excluding hydrogens is 252 g/mol. The number of thiazole rings is 1. The summed E-state index contributed by atoms with van der Waals surface area (Å²) in [6, 6.07) is -0.516. The van der Waals surface area contributed by atoms with Gasteiger partial charge in [0, 0.05) is 25.0 Å². The molecule has 0 saturated carbocycles. The van der Waals surface area contributed by atoms with Crippen LogP contribution in [0.1, 0.15) is 23.3 Å². The van der Waals surface area contributed by atoms with Crippen LogP contribution in [0.2, 0.25) is 0 Å². The first-order chi connectivity index (χ1) is 8.66. The highest BCUT2D eigenvalue weighted by atomic mass is 32.1. The van der Waals surface area contributed by atoms with Crippen molar-refractivity contribution >= 4 is 23.3 Å². The Labute approximate surface area is 109 Å². The van der Waals surface area contributed by atoms with Gasteiger partial charge in [-0.3, -0.25) is 4.79 Å². The fourth-order valence-corrected chi connectivity index (χ4v) is 2.67. The van der Waals surface area contributed by atoms with Gasteiger partial charge in [-0.1, -0.05) is 0 Å². The third kappa shape index (κ3) is 3.19. The molecule has 1 atom stereocenters. The fraction of sp³-hybridized carbons (Fsp3) is 0.545. The number of aromatic nitrogens is 1. The highest BCUT2D eigenvalue weighted by molar-refractivity contribution is 7.07. The van der Waals surface area contributed by atoms with Crippen LogP contribution in [0.3, 0.4) is 0 Å². The number of carbonyl (C=O) groups excluding carboxylic acids is 2. The molecule has 2 heterocycles. The Bertz CT molecular complexity index is 421. The number of amides is 3. The number of nitrogens with one attached hydrogen (secondary N) is 1.